The largest absolute Gasteiger partial charge is 0.343 e. The highest BCUT2D eigenvalue weighted by molar-refractivity contribution is 6.28. The van der Waals surface area contributed by atoms with E-state index in [9.17, 15) is 8.78 Å². The van der Waals surface area contributed by atoms with Gasteiger partial charge < -0.3 is 4.98 Å². The summed E-state index contributed by atoms with van der Waals surface area (Å²) in [5.74, 6) is -2.62. The minimum Gasteiger partial charge on any atom is -0.343 e. The fraction of sp³-hybridized carbons (Fsp3) is 0.400. The minimum absolute atomic E-state index is 0.117. The molecule has 3 rings (SSSR count). The normalized spacial score (nSPS) is 18.7. The number of aromatic amines is 1. The number of alkyl halides is 2. The average molecular weight is 244 g/mol. The third kappa shape index (κ3) is 1.46. The van der Waals surface area contributed by atoms with Crippen molar-refractivity contribution < 1.29 is 8.78 Å². The molecule has 84 valence electrons. The number of aryl methyl sites for hydroxylation is 1. The predicted molar refractivity (Wildman–Crippen MR) is 55.9 cm³/mol. The van der Waals surface area contributed by atoms with Gasteiger partial charge in [-0.25, -0.2) is 13.8 Å². The molecule has 0 bridgehead atoms. The van der Waals surface area contributed by atoms with Crippen molar-refractivity contribution in [3.05, 3.63) is 22.7 Å². The molecule has 0 saturated heterocycles. The molecule has 0 saturated carbocycles. The number of nitrogens with zero attached hydrogens (tertiary/aromatic N) is 2. The number of nitrogens with one attached hydrogen (secondary N) is 1. The molecular formula is C10H8ClF2N3. The zero-order valence-electron chi connectivity index (χ0n) is 8.23. The fourth-order valence-electron chi connectivity index (χ4n) is 2.13. The number of aromatic nitrogens is 3. The van der Waals surface area contributed by atoms with E-state index in [2.05, 4.69) is 15.0 Å². The van der Waals surface area contributed by atoms with Crippen molar-refractivity contribution in [3.8, 4) is 0 Å². The van der Waals surface area contributed by atoms with Crippen LogP contribution in [0.3, 0.4) is 0 Å². The second-order valence-electron chi connectivity index (χ2n) is 4.02. The van der Waals surface area contributed by atoms with Crippen LogP contribution in [0.15, 0.2) is 6.20 Å². The van der Waals surface area contributed by atoms with Crippen LogP contribution in [-0.2, 0) is 12.8 Å². The van der Waals surface area contributed by atoms with Gasteiger partial charge in [-0.05, 0) is 23.6 Å². The first kappa shape index (κ1) is 9.96. The Hall–Kier alpha value is -1.23. The molecule has 6 heteroatoms. The summed E-state index contributed by atoms with van der Waals surface area (Å²) in [6.07, 6.45) is 1.49. The standard InChI is InChI=1S/C10H8ClF2N3/c11-9-14-4-6-5-3-10(12,13)2-1-7(5)15-8(6)16-9/h4H,1-3H2,(H,14,15,16). The lowest BCUT2D eigenvalue weighted by atomic mass is 9.93. The van der Waals surface area contributed by atoms with Crippen molar-refractivity contribution in [1.82, 2.24) is 15.0 Å². The van der Waals surface area contributed by atoms with Crippen molar-refractivity contribution in [2.45, 2.75) is 25.2 Å². The molecule has 16 heavy (non-hydrogen) atoms. The molecule has 2 aromatic heterocycles. The Balaban J connectivity index is 2.22. The zero-order chi connectivity index (χ0) is 11.3. The Morgan fingerprint density at radius 2 is 2.25 bits per heavy atom. The van der Waals surface area contributed by atoms with Gasteiger partial charge in [0.15, 0.2) is 0 Å². The Morgan fingerprint density at radius 3 is 3.06 bits per heavy atom. The van der Waals surface area contributed by atoms with Gasteiger partial charge in [-0.3, -0.25) is 0 Å². The van der Waals surface area contributed by atoms with Crippen molar-refractivity contribution in [2.24, 2.45) is 0 Å². The third-order valence-electron chi connectivity index (χ3n) is 2.89. The van der Waals surface area contributed by atoms with Crippen LogP contribution in [-0.4, -0.2) is 20.9 Å². The minimum atomic E-state index is -2.62. The Bertz CT molecular complexity index is 564. The molecule has 0 aromatic carbocycles. The summed E-state index contributed by atoms with van der Waals surface area (Å²) in [4.78, 5) is 10.8. The number of hydrogen-bond donors (Lipinski definition) is 1. The van der Waals surface area contributed by atoms with Gasteiger partial charge in [0.05, 0.1) is 0 Å². The van der Waals surface area contributed by atoms with Gasteiger partial charge in [-0.1, -0.05) is 0 Å². The molecule has 1 aliphatic rings. The van der Waals surface area contributed by atoms with E-state index < -0.39 is 5.92 Å². The molecule has 3 nitrogen and oxygen atoms in total. The lowest BCUT2D eigenvalue weighted by molar-refractivity contribution is -0.0121. The second-order valence-corrected chi connectivity index (χ2v) is 4.35. The number of halogens is 3. The number of hydrogen-bond acceptors (Lipinski definition) is 2. The molecule has 0 fully saturated rings. The molecular weight excluding hydrogens is 236 g/mol. The molecule has 2 aromatic rings. The van der Waals surface area contributed by atoms with E-state index >= 15 is 0 Å². The summed E-state index contributed by atoms with van der Waals surface area (Å²) in [5, 5.41) is 0.775. The second kappa shape index (κ2) is 3.13. The van der Waals surface area contributed by atoms with Crippen LogP contribution in [0.4, 0.5) is 8.78 Å². The smallest absolute Gasteiger partial charge is 0.252 e. The van der Waals surface area contributed by atoms with Gasteiger partial charge in [0.25, 0.3) is 5.92 Å². The third-order valence-corrected chi connectivity index (χ3v) is 3.08. The lowest BCUT2D eigenvalue weighted by Crippen LogP contribution is -2.25. The lowest BCUT2D eigenvalue weighted by Gasteiger charge is -2.21. The quantitative estimate of drug-likeness (QED) is 0.723. The summed E-state index contributed by atoms with van der Waals surface area (Å²) in [7, 11) is 0. The molecule has 0 radical (unpaired) electrons. The maximum atomic E-state index is 13.3. The summed E-state index contributed by atoms with van der Waals surface area (Å²) < 4.78 is 26.6. The highest BCUT2D eigenvalue weighted by Crippen LogP contribution is 2.36. The first-order valence-electron chi connectivity index (χ1n) is 4.95. The monoisotopic (exact) mass is 243 g/mol. The molecule has 2 heterocycles. The Labute approximate surface area is 94.8 Å². The van der Waals surface area contributed by atoms with Crippen LogP contribution >= 0.6 is 11.6 Å². The molecule has 0 aliphatic heterocycles. The molecule has 0 spiro atoms. The molecule has 1 aliphatic carbocycles. The van der Waals surface area contributed by atoms with Crippen molar-refractivity contribution in [2.75, 3.05) is 0 Å². The van der Waals surface area contributed by atoms with E-state index in [0.717, 1.165) is 5.69 Å². The van der Waals surface area contributed by atoms with E-state index in [4.69, 9.17) is 11.6 Å². The number of H-pyrrole nitrogens is 1. The maximum absolute atomic E-state index is 13.3. The van der Waals surface area contributed by atoms with E-state index in [1.54, 1.807) is 0 Å². The highest BCUT2D eigenvalue weighted by Gasteiger charge is 2.36. The van der Waals surface area contributed by atoms with E-state index in [1.165, 1.54) is 6.20 Å². The summed E-state index contributed by atoms with van der Waals surface area (Å²) >= 11 is 5.65. The van der Waals surface area contributed by atoms with Crippen molar-refractivity contribution >= 4 is 22.6 Å². The van der Waals surface area contributed by atoms with Crippen molar-refractivity contribution in [1.29, 1.82) is 0 Å². The van der Waals surface area contributed by atoms with Gasteiger partial charge in [-0.15, -0.1) is 0 Å². The molecule has 1 N–H and O–H groups in total. The van der Waals surface area contributed by atoms with Gasteiger partial charge in [0.2, 0.25) is 5.28 Å². The van der Waals surface area contributed by atoms with E-state index in [0.29, 0.717) is 23.0 Å². The first-order valence-corrected chi connectivity index (χ1v) is 5.33. The van der Waals surface area contributed by atoms with E-state index in [1.807, 2.05) is 0 Å². The van der Waals surface area contributed by atoms with Crippen molar-refractivity contribution in [3.63, 3.8) is 0 Å². The van der Waals surface area contributed by atoms with Crippen LogP contribution < -0.4 is 0 Å². The fourth-order valence-corrected chi connectivity index (χ4v) is 2.26. The van der Waals surface area contributed by atoms with Gasteiger partial charge in [0, 0.05) is 30.1 Å². The van der Waals surface area contributed by atoms with E-state index in [-0.39, 0.29) is 18.1 Å². The first-order chi connectivity index (χ1) is 7.55. The van der Waals surface area contributed by atoms with Crippen LogP contribution in [0.5, 0.6) is 0 Å². The molecule has 0 atom stereocenters. The zero-order valence-corrected chi connectivity index (χ0v) is 8.98. The van der Waals surface area contributed by atoms with Gasteiger partial charge >= 0.3 is 0 Å². The van der Waals surface area contributed by atoms with Crippen LogP contribution in [0.25, 0.3) is 11.0 Å². The molecule has 0 unspecified atom stereocenters. The van der Waals surface area contributed by atoms with Crippen LogP contribution in [0.2, 0.25) is 5.28 Å². The maximum Gasteiger partial charge on any atom is 0.252 e. The summed E-state index contributed by atoms with van der Waals surface area (Å²) in [5.41, 5.74) is 2.00. The highest BCUT2D eigenvalue weighted by atomic mass is 35.5. The van der Waals surface area contributed by atoms with Crippen LogP contribution in [0.1, 0.15) is 17.7 Å². The van der Waals surface area contributed by atoms with Crippen LogP contribution in [0, 0.1) is 0 Å². The predicted octanol–water partition coefficient (Wildman–Crippen LogP) is 2.74. The van der Waals surface area contributed by atoms with Gasteiger partial charge in [0.1, 0.15) is 5.65 Å². The summed E-state index contributed by atoms with van der Waals surface area (Å²) in [6, 6.07) is 0. The van der Waals surface area contributed by atoms with Gasteiger partial charge in [-0.2, -0.15) is 4.98 Å². The Morgan fingerprint density at radius 1 is 1.44 bits per heavy atom. The number of rotatable bonds is 0. The Kier molecular flexibility index (Phi) is 1.95. The SMILES string of the molecule is FC1(F)CCc2[nH]c3nc(Cl)ncc3c2C1. The topological polar surface area (TPSA) is 41.6 Å². The molecule has 0 amide bonds. The summed E-state index contributed by atoms with van der Waals surface area (Å²) in [6.45, 7) is 0. The average Bonchev–Trinajstić information content (AvgIpc) is 2.53. The number of fused-ring (bicyclic) bond motifs is 3.